The minimum Gasteiger partial charge on any atom is -0.366 e. The van der Waals surface area contributed by atoms with Crippen LogP contribution in [0.15, 0.2) is 52.6 Å². The molecule has 0 aromatic heterocycles. The molecule has 0 bridgehead atoms. The van der Waals surface area contributed by atoms with Gasteiger partial charge in [0.25, 0.3) is 5.91 Å². The Morgan fingerprint density at radius 1 is 1.21 bits per heavy atom. The van der Waals surface area contributed by atoms with Crippen molar-refractivity contribution in [1.29, 1.82) is 0 Å². The zero-order valence-electron chi connectivity index (χ0n) is 19.8. The molecule has 1 atom stereocenters. The number of hydrogen-bond donors (Lipinski definition) is 2. The van der Waals surface area contributed by atoms with Crippen molar-refractivity contribution >= 4 is 51.2 Å². The maximum atomic E-state index is 12.9. The van der Waals surface area contributed by atoms with Gasteiger partial charge in [-0.3, -0.25) is 9.59 Å². The highest BCUT2D eigenvalue weighted by atomic mass is 79.9. The summed E-state index contributed by atoms with van der Waals surface area (Å²) in [6.45, 7) is 9.46. The first-order valence-corrected chi connectivity index (χ1v) is 12.2. The first-order chi connectivity index (χ1) is 16.1. The van der Waals surface area contributed by atoms with Gasteiger partial charge in [0.05, 0.1) is 0 Å². The third-order valence-corrected chi connectivity index (χ3v) is 6.96. The van der Waals surface area contributed by atoms with E-state index in [-0.39, 0.29) is 17.8 Å². The molecule has 1 saturated heterocycles. The topological polar surface area (TPSA) is 81.8 Å². The van der Waals surface area contributed by atoms with Crippen molar-refractivity contribution in [3.8, 4) is 0 Å². The quantitative estimate of drug-likeness (QED) is 0.421. The summed E-state index contributed by atoms with van der Waals surface area (Å²) in [5, 5.41) is 5.30. The second-order valence-corrected chi connectivity index (χ2v) is 10.3. The molecule has 2 heterocycles. The number of amides is 4. The van der Waals surface area contributed by atoms with Crippen molar-refractivity contribution in [1.82, 2.24) is 10.2 Å². The number of halogens is 1. The van der Waals surface area contributed by atoms with Crippen molar-refractivity contribution in [2.24, 2.45) is 0 Å². The van der Waals surface area contributed by atoms with Gasteiger partial charge in [-0.05, 0) is 86.7 Å². The van der Waals surface area contributed by atoms with Crippen LogP contribution in [0.2, 0.25) is 0 Å². The number of hydrogen-bond acceptors (Lipinski definition) is 4. The van der Waals surface area contributed by atoms with Gasteiger partial charge < -0.3 is 15.5 Å². The second-order valence-electron chi connectivity index (χ2n) is 9.41. The van der Waals surface area contributed by atoms with Crippen LogP contribution >= 0.6 is 15.9 Å². The van der Waals surface area contributed by atoms with Gasteiger partial charge in [0.2, 0.25) is 5.91 Å². The number of anilines is 2. The number of benzene rings is 2. The summed E-state index contributed by atoms with van der Waals surface area (Å²) in [6.07, 6.45) is 2.71. The molecule has 0 aliphatic carbocycles. The molecule has 2 aromatic carbocycles. The number of imide groups is 1. The lowest BCUT2D eigenvalue weighted by Crippen LogP contribution is -2.48. The molecule has 1 fully saturated rings. The van der Waals surface area contributed by atoms with E-state index in [0.717, 1.165) is 27.9 Å². The minimum atomic E-state index is -0.604. The van der Waals surface area contributed by atoms with Gasteiger partial charge in [-0.25, -0.2) is 9.69 Å². The number of carbonyl (C=O) groups excluding carboxylic acids is 3. The summed E-state index contributed by atoms with van der Waals surface area (Å²) < 4.78 is 0.886. The van der Waals surface area contributed by atoms with Crippen molar-refractivity contribution in [2.45, 2.75) is 45.6 Å². The van der Waals surface area contributed by atoms with E-state index in [1.165, 1.54) is 11.3 Å². The third-order valence-electron chi connectivity index (χ3n) is 6.43. The molecule has 1 unspecified atom stereocenters. The van der Waals surface area contributed by atoms with Crippen molar-refractivity contribution < 1.29 is 14.4 Å². The van der Waals surface area contributed by atoms with Crippen molar-refractivity contribution in [3.05, 3.63) is 63.8 Å². The Bertz CT molecular complexity index is 1170. The van der Waals surface area contributed by atoms with E-state index >= 15 is 0 Å². The largest absolute Gasteiger partial charge is 0.366 e. The Labute approximate surface area is 208 Å². The molecule has 34 heavy (non-hydrogen) atoms. The Morgan fingerprint density at radius 2 is 1.91 bits per heavy atom. The molecule has 0 radical (unpaired) electrons. The van der Waals surface area contributed by atoms with Gasteiger partial charge in [0.1, 0.15) is 12.2 Å². The Morgan fingerprint density at radius 3 is 2.59 bits per heavy atom. The van der Waals surface area contributed by atoms with E-state index < -0.39 is 17.8 Å². The molecule has 4 rings (SSSR count). The molecule has 0 spiro atoms. The first kappa shape index (κ1) is 24.0. The maximum absolute atomic E-state index is 12.9. The number of rotatable bonds is 5. The van der Waals surface area contributed by atoms with Crippen LogP contribution in [-0.2, 0) is 9.59 Å². The van der Waals surface area contributed by atoms with Gasteiger partial charge in [-0.2, -0.15) is 0 Å². The minimum absolute atomic E-state index is 0.0772. The smallest absolute Gasteiger partial charge is 0.329 e. The van der Waals surface area contributed by atoms with Crippen LogP contribution in [0.3, 0.4) is 0 Å². The van der Waals surface area contributed by atoms with Crippen molar-refractivity contribution in [3.63, 3.8) is 0 Å². The number of urea groups is 1. The summed E-state index contributed by atoms with van der Waals surface area (Å²) in [5.41, 5.74) is 4.11. The van der Waals surface area contributed by atoms with Gasteiger partial charge >= 0.3 is 6.03 Å². The molecule has 2 aliphatic heterocycles. The summed E-state index contributed by atoms with van der Waals surface area (Å²) >= 11 is 3.34. The Kier molecular flexibility index (Phi) is 6.53. The fourth-order valence-corrected chi connectivity index (χ4v) is 5.22. The predicted octanol–water partition coefficient (Wildman–Crippen LogP) is 5.09. The molecule has 2 N–H and O–H groups in total. The van der Waals surface area contributed by atoms with Gasteiger partial charge in [-0.15, -0.1) is 0 Å². The van der Waals surface area contributed by atoms with E-state index in [1.54, 1.807) is 30.3 Å². The maximum Gasteiger partial charge on any atom is 0.329 e. The molecular weight excluding hydrogens is 496 g/mol. The summed E-state index contributed by atoms with van der Waals surface area (Å²) in [4.78, 5) is 41.0. The SMILES string of the molecule is CCN1c2ccc(/C=C3/NC(=O)N(CC(=O)Nc4ccc(Br)cc4)C3=O)cc2C(C)CC1(C)C. The average Bonchev–Trinajstić information content (AvgIpc) is 3.02. The highest BCUT2D eigenvalue weighted by molar-refractivity contribution is 9.10. The molecule has 2 aliphatic rings. The predicted molar refractivity (Wildman–Crippen MR) is 138 cm³/mol. The van der Waals surface area contributed by atoms with E-state index in [9.17, 15) is 14.4 Å². The lowest BCUT2D eigenvalue weighted by atomic mass is 9.79. The fraction of sp³-hybridized carbons (Fsp3) is 0.346. The Balaban J connectivity index is 1.50. The molecule has 0 saturated carbocycles. The highest BCUT2D eigenvalue weighted by Gasteiger charge is 2.37. The molecule has 8 heteroatoms. The lowest BCUT2D eigenvalue weighted by Gasteiger charge is -2.47. The van der Waals surface area contributed by atoms with E-state index in [4.69, 9.17) is 0 Å². The lowest BCUT2D eigenvalue weighted by molar-refractivity contribution is -0.127. The summed E-state index contributed by atoms with van der Waals surface area (Å²) in [6, 6.07) is 12.6. The van der Waals surface area contributed by atoms with Gasteiger partial charge in [0.15, 0.2) is 0 Å². The van der Waals surface area contributed by atoms with Crippen molar-refractivity contribution in [2.75, 3.05) is 23.3 Å². The Hall–Kier alpha value is -3.13. The highest BCUT2D eigenvalue weighted by Crippen LogP contribution is 2.43. The molecular formula is C26H29BrN4O3. The summed E-state index contributed by atoms with van der Waals surface area (Å²) in [7, 11) is 0. The van der Waals surface area contributed by atoms with E-state index in [0.29, 0.717) is 11.6 Å². The van der Waals surface area contributed by atoms with E-state index in [2.05, 4.69) is 71.3 Å². The zero-order chi connectivity index (χ0) is 24.6. The monoisotopic (exact) mass is 524 g/mol. The van der Waals surface area contributed by atoms with Crippen LogP contribution in [0.4, 0.5) is 16.2 Å². The van der Waals surface area contributed by atoms with Gasteiger partial charge in [0, 0.05) is 27.9 Å². The van der Waals surface area contributed by atoms with E-state index in [1.807, 2.05) is 6.07 Å². The standard InChI is InChI=1S/C26H29BrN4O3/c1-5-31-22-11-6-17(12-20(22)16(2)14-26(31,3)4)13-21-24(33)30(25(34)29-21)15-23(32)28-19-9-7-18(27)8-10-19/h6-13,16H,5,14-15H2,1-4H3,(H,28,32)(H,29,34)/b21-13+. The zero-order valence-corrected chi connectivity index (χ0v) is 21.4. The first-order valence-electron chi connectivity index (χ1n) is 11.4. The normalized spacial score (nSPS) is 20.4. The van der Waals surface area contributed by atoms with Crippen LogP contribution in [0.1, 0.15) is 51.2 Å². The molecule has 4 amide bonds. The number of nitrogens with zero attached hydrogens (tertiary/aromatic N) is 2. The average molecular weight is 525 g/mol. The van der Waals surface area contributed by atoms with Crippen LogP contribution < -0.4 is 15.5 Å². The van der Waals surface area contributed by atoms with Gasteiger partial charge in [-0.1, -0.05) is 28.9 Å². The van der Waals surface area contributed by atoms with Crippen LogP contribution in [-0.4, -0.2) is 41.4 Å². The second kappa shape index (κ2) is 9.25. The summed E-state index contributed by atoms with van der Waals surface area (Å²) in [5.74, 6) is -0.589. The fourth-order valence-electron chi connectivity index (χ4n) is 4.96. The molecule has 2 aromatic rings. The number of carbonyl (C=O) groups is 3. The van der Waals surface area contributed by atoms with Crippen LogP contribution in [0.5, 0.6) is 0 Å². The number of nitrogens with one attached hydrogen (secondary N) is 2. The van der Waals surface area contributed by atoms with Crippen LogP contribution in [0.25, 0.3) is 6.08 Å². The molecule has 178 valence electrons. The molecule has 7 nitrogen and oxygen atoms in total. The van der Waals surface area contributed by atoms with Crippen LogP contribution in [0, 0.1) is 0 Å². The number of fused-ring (bicyclic) bond motifs is 1. The third kappa shape index (κ3) is 4.73.